The van der Waals surface area contributed by atoms with Crippen LogP contribution >= 0.6 is 0 Å². The first-order valence-electron chi connectivity index (χ1n) is 8.23. The molecule has 1 saturated carbocycles. The Morgan fingerprint density at radius 3 is 2.39 bits per heavy atom. The summed E-state index contributed by atoms with van der Waals surface area (Å²) in [7, 11) is 0. The van der Waals surface area contributed by atoms with Gasteiger partial charge in [-0.2, -0.15) is 0 Å². The fraction of sp³-hybridized carbons (Fsp3) is 0.250. The maximum Gasteiger partial charge on any atom is 0.187 e. The molecular weight excluding hydrogens is 284 g/mol. The molecule has 0 aromatic heterocycles. The van der Waals surface area contributed by atoms with E-state index < -0.39 is 0 Å². The normalized spacial score (nSPS) is 19.9. The van der Waals surface area contributed by atoms with Crippen LogP contribution in [0.4, 0.5) is 5.69 Å². The first kappa shape index (κ1) is 14.1. The van der Waals surface area contributed by atoms with Gasteiger partial charge in [0.1, 0.15) is 5.66 Å². The van der Waals surface area contributed by atoms with Crippen molar-refractivity contribution in [1.82, 2.24) is 5.32 Å². The van der Waals surface area contributed by atoms with Gasteiger partial charge in [0.25, 0.3) is 0 Å². The van der Waals surface area contributed by atoms with E-state index in [0.717, 1.165) is 35.4 Å². The van der Waals surface area contributed by atoms with Crippen molar-refractivity contribution < 1.29 is 4.79 Å². The molecule has 2 aromatic rings. The molecule has 3 nitrogen and oxygen atoms in total. The quantitative estimate of drug-likeness (QED) is 0.645. The summed E-state index contributed by atoms with van der Waals surface area (Å²) in [6.45, 7) is 0. The largest absolute Gasteiger partial charge is 0.362 e. The Balaban J connectivity index is 1.74. The predicted octanol–water partition coefficient (Wildman–Crippen LogP) is 4.20. The molecule has 0 amide bonds. The maximum absolute atomic E-state index is 12.6. The molecule has 0 bridgehead atoms. The molecule has 4 rings (SSSR count). The number of rotatable bonds is 2. The minimum absolute atomic E-state index is 0.0398. The van der Waals surface area contributed by atoms with Gasteiger partial charge in [0.2, 0.25) is 0 Å². The van der Waals surface area contributed by atoms with Gasteiger partial charge in [0.05, 0.1) is 0 Å². The molecule has 0 atom stereocenters. The molecule has 1 spiro atoms. The molecule has 2 aliphatic rings. The SMILES string of the molecule is O=C(/C=C1\NC2(CCCC2)Nc2ccccc21)c1ccccc1. The molecule has 23 heavy (non-hydrogen) atoms. The summed E-state index contributed by atoms with van der Waals surface area (Å²) in [5.74, 6) is 0.0398. The van der Waals surface area contributed by atoms with E-state index in [9.17, 15) is 4.79 Å². The number of benzene rings is 2. The number of carbonyl (C=O) groups excluding carboxylic acids is 1. The van der Waals surface area contributed by atoms with Gasteiger partial charge in [-0.15, -0.1) is 0 Å². The van der Waals surface area contributed by atoms with Gasteiger partial charge in [-0.25, -0.2) is 0 Å². The molecule has 2 N–H and O–H groups in total. The van der Waals surface area contributed by atoms with E-state index in [2.05, 4.69) is 22.8 Å². The van der Waals surface area contributed by atoms with Gasteiger partial charge in [0, 0.05) is 28.6 Å². The van der Waals surface area contributed by atoms with Crippen LogP contribution in [0.15, 0.2) is 60.7 Å². The van der Waals surface area contributed by atoms with Crippen LogP contribution in [0.25, 0.3) is 5.70 Å². The zero-order valence-corrected chi connectivity index (χ0v) is 13.0. The molecule has 1 aliphatic heterocycles. The summed E-state index contributed by atoms with van der Waals surface area (Å²) in [5, 5.41) is 7.27. The lowest BCUT2D eigenvalue weighted by Gasteiger charge is -2.40. The van der Waals surface area contributed by atoms with Gasteiger partial charge in [-0.05, 0) is 31.7 Å². The average molecular weight is 304 g/mol. The number of ketones is 1. The van der Waals surface area contributed by atoms with Crippen molar-refractivity contribution in [2.24, 2.45) is 0 Å². The highest BCUT2D eigenvalue weighted by molar-refractivity contribution is 6.09. The van der Waals surface area contributed by atoms with Gasteiger partial charge in [-0.1, -0.05) is 48.5 Å². The van der Waals surface area contributed by atoms with Crippen LogP contribution in [-0.4, -0.2) is 11.4 Å². The maximum atomic E-state index is 12.6. The van der Waals surface area contributed by atoms with Crippen molar-refractivity contribution in [2.45, 2.75) is 31.3 Å². The third-order valence-corrected chi connectivity index (χ3v) is 4.76. The Labute approximate surface area is 136 Å². The van der Waals surface area contributed by atoms with E-state index >= 15 is 0 Å². The van der Waals surface area contributed by atoms with Gasteiger partial charge in [0.15, 0.2) is 5.78 Å². The molecule has 3 heteroatoms. The molecule has 116 valence electrons. The highest BCUT2D eigenvalue weighted by Crippen LogP contribution is 2.39. The summed E-state index contributed by atoms with van der Waals surface area (Å²) in [5.41, 5.74) is 3.72. The van der Waals surface area contributed by atoms with Gasteiger partial charge < -0.3 is 10.6 Å². The van der Waals surface area contributed by atoms with Gasteiger partial charge >= 0.3 is 0 Å². The third kappa shape index (κ3) is 2.63. The van der Waals surface area contributed by atoms with Crippen molar-refractivity contribution in [3.8, 4) is 0 Å². The smallest absolute Gasteiger partial charge is 0.187 e. The number of allylic oxidation sites excluding steroid dienone is 1. The Morgan fingerprint density at radius 1 is 0.913 bits per heavy atom. The molecule has 1 heterocycles. The standard InChI is InChI=1S/C20H20N2O/c23-19(15-8-2-1-3-9-15)14-18-16-10-4-5-11-17(16)21-20(22-18)12-6-7-13-20/h1-5,8-11,14,21-22H,6-7,12-13H2/b18-14-. The summed E-state index contributed by atoms with van der Waals surface area (Å²) in [6, 6.07) is 17.6. The molecular formula is C20H20N2O. The van der Waals surface area contributed by atoms with Crippen LogP contribution in [0.3, 0.4) is 0 Å². The Bertz CT molecular complexity index is 758. The van der Waals surface area contributed by atoms with Crippen molar-refractivity contribution >= 4 is 17.2 Å². The fourth-order valence-electron chi connectivity index (χ4n) is 3.60. The van der Waals surface area contributed by atoms with Crippen LogP contribution in [0.1, 0.15) is 41.6 Å². The van der Waals surface area contributed by atoms with Crippen molar-refractivity contribution in [3.63, 3.8) is 0 Å². The highest BCUT2D eigenvalue weighted by Gasteiger charge is 2.38. The minimum Gasteiger partial charge on any atom is -0.362 e. The summed E-state index contributed by atoms with van der Waals surface area (Å²) in [4.78, 5) is 12.6. The van der Waals surface area contributed by atoms with E-state index in [4.69, 9.17) is 0 Å². The number of para-hydroxylation sites is 1. The first-order chi connectivity index (χ1) is 11.3. The molecule has 2 aromatic carbocycles. The lowest BCUT2D eigenvalue weighted by Crippen LogP contribution is -2.51. The molecule has 0 radical (unpaired) electrons. The molecule has 1 aliphatic carbocycles. The lowest BCUT2D eigenvalue weighted by atomic mass is 9.97. The summed E-state index contributed by atoms with van der Waals surface area (Å²) in [6.07, 6.45) is 6.33. The summed E-state index contributed by atoms with van der Waals surface area (Å²) >= 11 is 0. The molecule has 1 fully saturated rings. The Morgan fingerprint density at radius 2 is 1.61 bits per heavy atom. The zero-order chi connectivity index (χ0) is 15.7. The van der Waals surface area contributed by atoms with E-state index in [1.54, 1.807) is 6.08 Å². The number of hydrogen-bond acceptors (Lipinski definition) is 3. The van der Waals surface area contributed by atoms with Crippen LogP contribution in [0.2, 0.25) is 0 Å². The predicted molar refractivity (Wildman–Crippen MR) is 93.1 cm³/mol. The van der Waals surface area contributed by atoms with Crippen LogP contribution in [0.5, 0.6) is 0 Å². The van der Waals surface area contributed by atoms with Crippen molar-refractivity contribution in [1.29, 1.82) is 0 Å². The van der Waals surface area contributed by atoms with E-state index in [1.165, 1.54) is 12.8 Å². The minimum atomic E-state index is -0.100. The van der Waals surface area contributed by atoms with Crippen LogP contribution in [0, 0.1) is 0 Å². The fourth-order valence-corrected chi connectivity index (χ4v) is 3.60. The second-order valence-corrected chi connectivity index (χ2v) is 6.37. The van der Waals surface area contributed by atoms with Crippen molar-refractivity contribution in [2.75, 3.05) is 5.32 Å². The average Bonchev–Trinajstić information content (AvgIpc) is 3.03. The number of hydrogen-bond donors (Lipinski definition) is 2. The lowest BCUT2D eigenvalue weighted by molar-refractivity contribution is 0.104. The number of carbonyl (C=O) groups is 1. The van der Waals surface area contributed by atoms with E-state index in [0.29, 0.717) is 0 Å². The van der Waals surface area contributed by atoms with Crippen LogP contribution in [-0.2, 0) is 0 Å². The number of anilines is 1. The monoisotopic (exact) mass is 304 g/mol. The van der Waals surface area contributed by atoms with Gasteiger partial charge in [-0.3, -0.25) is 4.79 Å². The number of nitrogens with one attached hydrogen (secondary N) is 2. The van der Waals surface area contributed by atoms with Crippen molar-refractivity contribution in [3.05, 3.63) is 71.8 Å². The highest BCUT2D eigenvalue weighted by atomic mass is 16.1. The number of fused-ring (bicyclic) bond motifs is 1. The van der Waals surface area contributed by atoms with E-state index in [-0.39, 0.29) is 11.4 Å². The molecule has 0 saturated heterocycles. The second-order valence-electron chi connectivity index (χ2n) is 6.37. The molecule has 0 unspecified atom stereocenters. The Hall–Kier alpha value is -2.55. The zero-order valence-electron chi connectivity index (χ0n) is 13.0. The summed E-state index contributed by atoms with van der Waals surface area (Å²) < 4.78 is 0. The van der Waals surface area contributed by atoms with E-state index in [1.807, 2.05) is 42.5 Å². The van der Waals surface area contributed by atoms with Crippen LogP contribution < -0.4 is 10.6 Å². The topological polar surface area (TPSA) is 41.1 Å². The third-order valence-electron chi connectivity index (χ3n) is 4.76. The first-order valence-corrected chi connectivity index (χ1v) is 8.23. The second kappa shape index (κ2) is 5.58. The Kier molecular flexibility index (Phi) is 3.41.